The number of hydrogen-bond donors (Lipinski definition) is 3. The van der Waals surface area contributed by atoms with Gasteiger partial charge in [0.2, 0.25) is 0 Å². The minimum absolute atomic E-state index is 0.0461. The van der Waals surface area contributed by atoms with Crippen molar-refractivity contribution in [1.29, 1.82) is 0 Å². The first-order valence-corrected chi connectivity index (χ1v) is 6.00. The van der Waals surface area contributed by atoms with E-state index in [2.05, 4.69) is 15.6 Å². The summed E-state index contributed by atoms with van der Waals surface area (Å²) in [5, 5.41) is 13.9. The summed E-state index contributed by atoms with van der Waals surface area (Å²) in [5.74, 6) is -0.256. The summed E-state index contributed by atoms with van der Waals surface area (Å²) in [6.45, 7) is 0. The van der Waals surface area contributed by atoms with Crippen LogP contribution in [0.15, 0.2) is 42.6 Å². The van der Waals surface area contributed by atoms with Crippen LogP contribution in [0, 0.1) is 0 Å². The molecule has 2 aromatic rings. The number of urea groups is 1. The number of carbonyl (C=O) groups is 2. The van der Waals surface area contributed by atoms with E-state index in [1.165, 1.54) is 18.3 Å². The van der Waals surface area contributed by atoms with Gasteiger partial charge in [0.05, 0.1) is 12.7 Å². The Hall–Kier alpha value is -3.09. The zero-order valence-electron chi connectivity index (χ0n) is 11.2. The summed E-state index contributed by atoms with van der Waals surface area (Å²) in [5.41, 5.74) is 0.618. The van der Waals surface area contributed by atoms with E-state index in [1.807, 2.05) is 0 Å². The normalized spacial score (nSPS) is 9.76. The third-order valence-corrected chi connectivity index (χ3v) is 2.60. The molecule has 0 unspecified atom stereocenters. The number of pyridine rings is 1. The molecule has 0 bridgehead atoms. The number of nitrogens with one attached hydrogen (secondary N) is 2. The molecular weight excluding hydrogens is 274 g/mol. The number of benzene rings is 1. The molecule has 2 rings (SSSR count). The van der Waals surface area contributed by atoms with Crippen molar-refractivity contribution < 1.29 is 19.4 Å². The van der Waals surface area contributed by atoms with Crippen LogP contribution in [-0.4, -0.2) is 29.2 Å². The average Bonchev–Trinajstić information content (AvgIpc) is 2.48. The van der Waals surface area contributed by atoms with Crippen molar-refractivity contribution in [2.75, 3.05) is 17.7 Å². The van der Waals surface area contributed by atoms with Crippen molar-refractivity contribution >= 4 is 23.5 Å². The zero-order chi connectivity index (χ0) is 15.2. The third kappa shape index (κ3) is 3.93. The van der Waals surface area contributed by atoms with Gasteiger partial charge in [0.15, 0.2) is 0 Å². The van der Waals surface area contributed by atoms with Gasteiger partial charge in [0, 0.05) is 11.9 Å². The van der Waals surface area contributed by atoms with Crippen molar-refractivity contribution in [3.8, 4) is 5.75 Å². The van der Waals surface area contributed by atoms with E-state index < -0.39 is 12.0 Å². The van der Waals surface area contributed by atoms with Crippen LogP contribution in [0.3, 0.4) is 0 Å². The number of aromatic carboxylic acids is 1. The first kappa shape index (κ1) is 14.3. The standard InChI is InChI=1S/C14H13N3O4/c1-21-11-4-2-10(3-5-11)16-14(20)17-12-8-9(13(18)19)6-7-15-12/h2-8H,1H3,(H,18,19)(H2,15,16,17,20). The number of nitrogens with zero attached hydrogens (tertiary/aromatic N) is 1. The van der Waals surface area contributed by atoms with Gasteiger partial charge in [-0.25, -0.2) is 14.6 Å². The lowest BCUT2D eigenvalue weighted by Gasteiger charge is -2.08. The lowest BCUT2D eigenvalue weighted by molar-refractivity contribution is 0.0696. The fraction of sp³-hybridized carbons (Fsp3) is 0.0714. The van der Waals surface area contributed by atoms with Gasteiger partial charge in [-0.1, -0.05) is 0 Å². The van der Waals surface area contributed by atoms with Crippen LogP contribution in [-0.2, 0) is 0 Å². The molecule has 7 nitrogen and oxygen atoms in total. The molecule has 0 fully saturated rings. The average molecular weight is 287 g/mol. The number of hydrogen-bond acceptors (Lipinski definition) is 4. The van der Waals surface area contributed by atoms with Crippen LogP contribution in [0.25, 0.3) is 0 Å². The van der Waals surface area contributed by atoms with Gasteiger partial charge in [0.1, 0.15) is 11.6 Å². The Morgan fingerprint density at radius 1 is 1.14 bits per heavy atom. The molecule has 0 aliphatic rings. The number of carboxylic acids is 1. The molecule has 0 saturated carbocycles. The number of amides is 2. The number of methoxy groups -OCH3 is 1. The Morgan fingerprint density at radius 3 is 2.48 bits per heavy atom. The van der Waals surface area contributed by atoms with Crippen LogP contribution < -0.4 is 15.4 Å². The fourth-order valence-corrected chi connectivity index (χ4v) is 1.58. The highest BCUT2D eigenvalue weighted by molar-refractivity contribution is 5.99. The van der Waals surface area contributed by atoms with E-state index in [0.717, 1.165) is 0 Å². The third-order valence-electron chi connectivity index (χ3n) is 2.60. The molecule has 1 aromatic heterocycles. The quantitative estimate of drug-likeness (QED) is 0.801. The van der Waals surface area contributed by atoms with Crippen molar-refractivity contribution in [3.63, 3.8) is 0 Å². The predicted molar refractivity (Wildman–Crippen MR) is 76.8 cm³/mol. The van der Waals surface area contributed by atoms with E-state index >= 15 is 0 Å². The second-order valence-corrected chi connectivity index (χ2v) is 4.04. The molecule has 0 radical (unpaired) electrons. The van der Waals surface area contributed by atoms with Crippen LogP contribution in [0.2, 0.25) is 0 Å². The minimum Gasteiger partial charge on any atom is -0.497 e. The highest BCUT2D eigenvalue weighted by Gasteiger charge is 2.07. The van der Waals surface area contributed by atoms with E-state index in [0.29, 0.717) is 11.4 Å². The Balaban J connectivity index is 2.00. The lowest BCUT2D eigenvalue weighted by atomic mass is 10.2. The maximum atomic E-state index is 11.8. The van der Waals surface area contributed by atoms with Gasteiger partial charge in [-0.05, 0) is 36.4 Å². The van der Waals surface area contributed by atoms with Crippen molar-refractivity contribution in [2.45, 2.75) is 0 Å². The van der Waals surface area contributed by atoms with Crippen molar-refractivity contribution in [1.82, 2.24) is 4.98 Å². The Morgan fingerprint density at radius 2 is 1.86 bits per heavy atom. The van der Waals surface area contributed by atoms with Gasteiger partial charge in [-0.2, -0.15) is 0 Å². The highest BCUT2D eigenvalue weighted by Crippen LogP contribution is 2.15. The first-order chi connectivity index (χ1) is 10.1. The van der Waals surface area contributed by atoms with E-state index in [1.54, 1.807) is 31.4 Å². The number of anilines is 2. The molecule has 2 amide bonds. The van der Waals surface area contributed by atoms with Crippen LogP contribution in [0.4, 0.5) is 16.3 Å². The number of aromatic nitrogens is 1. The van der Waals surface area contributed by atoms with Crippen molar-refractivity contribution in [3.05, 3.63) is 48.2 Å². The maximum absolute atomic E-state index is 11.8. The second kappa shape index (κ2) is 6.38. The second-order valence-electron chi connectivity index (χ2n) is 4.04. The summed E-state index contributed by atoms with van der Waals surface area (Å²) >= 11 is 0. The molecule has 1 heterocycles. The summed E-state index contributed by atoms with van der Waals surface area (Å²) in [6, 6.07) is 8.87. The number of carbonyl (C=O) groups excluding carboxylic acids is 1. The molecular formula is C14H13N3O4. The van der Waals surface area contributed by atoms with E-state index in [9.17, 15) is 9.59 Å². The summed E-state index contributed by atoms with van der Waals surface area (Å²) < 4.78 is 5.01. The molecule has 0 atom stereocenters. The van der Waals surface area contributed by atoms with Gasteiger partial charge in [-0.15, -0.1) is 0 Å². The van der Waals surface area contributed by atoms with Gasteiger partial charge >= 0.3 is 12.0 Å². The highest BCUT2D eigenvalue weighted by atomic mass is 16.5. The Bertz CT molecular complexity index is 656. The van der Waals surface area contributed by atoms with Gasteiger partial charge in [0.25, 0.3) is 0 Å². The predicted octanol–water partition coefficient (Wildman–Crippen LogP) is 2.43. The number of carboxylic acid groups (broad SMARTS) is 1. The fourth-order valence-electron chi connectivity index (χ4n) is 1.58. The van der Waals surface area contributed by atoms with Crippen LogP contribution in [0.5, 0.6) is 5.75 Å². The molecule has 0 spiro atoms. The molecule has 3 N–H and O–H groups in total. The molecule has 0 aliphatic heterocycles. The summed E-state index contributed by atoms with van der Waals surface area (Å²) in [6.07, 6.45) is 1.31. The van der Waals surface area contributed by atoms with E-state index in [4.69, 9.17) is 9.84 Å². The van der Waals surface area contributed by atoms with Crippen LogP contribution >= 0.6 is 0 Å². The minimum atomic E-state index is -1.09. The molecule has 108 valence electrons. The van der Waals surface area contributed by atoms with Crippen molar-refractivity contribution in [2.24, 2.45) is 0 Å². The van der Waals surface area contributed by atoms with Crippen LogP contribution in [0.1, 0.15) is 10.4 Å². The maximum Gasteiger partial charge on any atom is 0.335 e. The zero-order valence-corrected chi connectivity index (χ0v) is 11.2. The topological polar surface area (TPSA) is 101 Å². The van der Waals surface area contributed by atoms with E-state index in [-0.39, 0.29) is 11.4 Å². The molecule has 0 aliphatic carbocycles. The Kier molecular flexibility index (Phi) is 4.35. The molecule has 21 heavy (non-hydrogen) atoms. The first-order valence-electron chi connectivity index (χ1n) is 6.00. The lowest BCUT2D eigenvalue weighted by Crippen LogP contribution is -2.20. The molecule has 1 aromatic carbocycles. The van der Waals surface area contributed by atoms with Gasteiger partial charge < -0.3 is 15.2 Å². The Labute approximate surface area is 120 Å². The largest absolute Gasteiger partial charge is 0.497 e. The summed E-state index contributed by atoms with van der Waals surface area (Å²) in [4.78, 5) is 26.5. The monoisotopic (exact) mass is 287 g/mol. The molecule has 0 saturated heterocycles. The van der Waals surface area contributed by atoms with Gasteiger partial charge in [-0.3, -0.25) is 5.32 Å². The smallest absolute Gasteiger partial charge is 0.335 e. The molecule has 7 heteroatoms. The number of rotatable bonds is 4. The number of ether oxygens (including phenoxy) is 1. The SMILES string of the molecule is COc1ccc(NC(=O)Nc2cc(C(=O)O)ccn2)cc1. The summed E-state index contributed by atoms with van der Waals surface area (Å²) in [7, 11) is 1.55.